The summed E-state index contributed by atoms with van der Waals surface area (Å²) in [5.74, 6) is 2.06. The van der Waals surface area contributed by atoms with Crippen molar-refractivity contribution >= 4 is 17.7 Å². The predicted molar refractivity (Wildman–Crippen MR) is 98.7 cm³/mol. The maximum Gasteiger partial charge on any atom is 0.191 e. The van der Waals surface area contributed by atoms with Crippen LogP contribution in [0.25, 0.3) is 0 Å². The molecular formula is C18H26N4S. The summed E-state index contributed by atoms with van der Waals surface area (Å²) in [6.45, 7) is 2.95. The van der Waals surface area contributed by atoms with E-state index >= 15 is 0 Å². The van der Waals surface area contributed by atoms with Gasteiger partial charge in [-0.2, -0.15) is 17.0 Å². The van der Waals surface area contributed by atoms with Crippen LogP contribution in [0.3, 0.4) is 0 Å². The van der Waals surface area contributed by atoms with Crippen molar-refractivity contribution in [1.82, 2.24) is 10.6 Å². The molecule has 1 aromatic rings. The van der Waals surface area contributed by atoms with Crippen molar-refractivity contribution in [1.29, 1.82) is 5.26 Å². The number of nitrogens with zero attached hydrogens (tertiary/aromatic N) is 2. The first-order valence-electron chi connectivity index (χ1n) is 8.33. The topological polar surface area (TPSA) is 60.2 Å². The predicted octanol–water partition coefficient (Wildman–Crippen LogP) is 3.29. The second kappa shape index (κ2) is 9.46. The first kappa shape index (κ1) is 17.7. The van der Waals surface area contributed by atoms with E-state index in [-0.39, 0.29) is 0 Å². The molecule has 5 heteroatoms. The molecule has 0 amide bonds. The largest absolute Gasteiger partial charge is 0.354 e. The Hall–Kier alpha value is -1.67. The molecule has 23 heavy (non-hydrogen) atoms. The molecule has 0 bridgehead atoms. The fraction of sp³-hybridized carbons (Fsp3) is 0.556. The number of nitrogens with one attached hydrogen (secondary N) is 2. The van der Waals surface area contributed by atoms with E-state index in [1.807, 2.05) is 31.3 Å². The zero-order chi connectivity index (χ0) is 16.5. The smallest absolute Gasteiger partial charge is 0.191 e. The van der Waals surface area contributed by atoms with Gasteiger partial charge in [0.1, 0.15) is 0 Å². The highest BCUT2D eigenvalue weighted by molar-refractivity contribution is 7.99. The summed E-state index contributed by atoms with van der Waals surface area (Å²) < 4.78 is 0. The molecular weight excluding hydrogens is 304 g/mol. The van der Waals surface area contributed by atoms with E-state index in [4.69, 9.17) is 5.26 Å². The van der Waals surface area contributed by atoms with Gasteiger partial charge < -0.3 is 10.6 Å². The van der Waals surface area contributed by atoms with Crippen LogP contribution in [0.4, 0.5) is 0 Å². The third kappa shape index (κ3) is 5.80. The van der Waals surface area contributed by atoms with Crippen LogP contribution >= 0.6 is 11.8 Å². The molecule has 0 aliphatic heterocycles. The Bertz CT molecular complexity index is 545. The van der Waals surface area contributed by atoms with Crippen LogP contribution in [0.1, 0.15) is 43.7 Å². The average Bonchev–Trinajstić information content (AvgIpc) is 2.59. The van der Waals surface area contributed by atoms with Crippen molar-refractivity contribution in [3.05, 3.63) is 35.4 Å². The molecule has 124 valence electrons. The Kier molecular flexibility index (Phi) is 7.28. The van der Waals surface area contributed by atoms with Crippen LogP contribution in [0.2, 0.25) is 0 Å². The number of guanidine groups is 1. The lowest BCUT2D eigenvalue weighted by Crippen LogP contribution is -2.45. The Morgan fingerprint density at radius 1 is 1.35 bits per heavy atom. The number of hydrogen-bond acceptors (Lipinski definition) is 3. The van der Waals surface area contributed by atoms with Crippen LogP contribution in [-0.2, 0) is 6.54 Å². The van der Waals surface area contributed by atoms with Gasteiger partial charge in [0, 0.05) is 24.9 Å². The molecule has 0 spiro atoms. The van der Waals surface area contributed by atoms with Gasteiger partial charge in [0.2, 0.25) is 0 Å². The molecule has 0 saturated heterocycles. The van der Waals surface area contributed by atoms with Gasteiger partial charge in [-0.25, -0.2) is 0 Å². The van der Waals surface area contributed by atoms with E-state index in [2.05, 4.69) is 40.4 Å². The first-order chi connectivity index (χ1) is 11.2. The van der Waals surface area contributed by atoms with Crippen LogP contribution < -0.4 is 10.6 Å². The highest BCUT2D eigenvalue weighted by Crippen LogP contribution is 2.28. The maximum atomic E-state index is 8.83. The van der Waals surface area contributed by atoms with Crippen molar-refractivity contribution in [3.8, 4) is 6.07 Å². The van der Waals surface area contributed by atoms with Crippen LogP contribution in [0.15, 0.2) is 29.3 Å². The molecule has 1 aliphatic rings. The standard InChI is InChI=1S/C18H26N4S/c1-3-23-17-6-4-5-16(11-17)22-18(20-2)21-13-15-9-7-14(12-19)8-10-15/h7-10,16-17H,3-6,11,13H2,1-2H3,(H2,20,21,22). The average molecular weight is 331 g/mol. The lowest BCUT2D eigenvalue weighted by Gasteiger charge is -2.30. The minimum absolute atomic E-state index is 0.514. The van der Waals surface area contributed by atoms with Gasteiger partial charge >= 0.3 is 0 Å². The van der Waals surface area contributed by atoms with Crippen molar-refractivity contribution in [2.45, 2.75) is 50.4 Å². The van der Waals surface area contributed by atoms with E-state index in [1.54, 1.807) is 0 Å². The molecule has 2 unspecified atom stereocenters. The molecule has 2 rings (SSSR count). The summed E-state index contributed by atoms with van der Waals surface area (Å²) in [5.41, 5.74) is 1.84. The zero-order valence-electron chi connectivity index (χ0n) is 14.0. The molecule has 1 aliphatic carbocycles. The summed E-state index contributed by atoms with van der Waals surface area (Å²) in [6.07, 6.45) is 5.07. The van der Waals surface area contributed by atoms with Gasteiger partial charge in [-0.3, -0.25) is 4.99 Å². The van der Waals surface area contributed by atoms with Gasteiger partial charge in [-0.05, 0) is 42.7 Å². The number of aliphatic imine (C=N–C) groups is 1. The van der Waals surface area contributed by atoms with Gasteiger partial charge in [0.25, 0.3) is 0 Å². The van der Waals surface area contributed by atoms with Crippen molar-refractivity contribution < 1.29 is 0 Å². The Morgan fingerprint density at radius 2 is 2.13 bits per heavy atom. The Morgan fingerprint density at radius 3 is 2.78 bits per heavy atom. The van der Waals surface area contributed by atoms with Gasteiger partial charge in [0.15, 0.2) is 5.96 Å². The highest BCUT2D eigenvalue weighted by Gasteiger charge is 2.22. The lowest BCUT2D eigenvalue weighted by molar-refractivity contribution is 0.419. The van der Waals surface area contributed by atoms with Crippen LogP contribution in [0.5, 0.6) is 0 Å². The highest BCUT2D eigenvalue weighted by atomic mass is 32.2. The zero-order valence-corrected chi connectivity index (χ0v) is 14.8. The maximum absolute atomic E-state index is 8.83. The molecule has 1 fully saturated rings. The number of rotatable bonds is 5. The second-order valence-corrected chi connectivity index (χ2v) is 7.40. The summed E-state index contributed by atoms with van der Waals surface area (Å²) in [7, 11) is 1.81. The normalized spacial score (nSPS) is 21.5. The molecule has 0 heterocycles. The molecule has 1 saturated carbocycles. The van der Waals surface area contributed by atoms with E-state index in [0.29, 0.717) is 18.2 Å². The molecule has 4 nitrogen and oxygen atoms in total. The molecule has 2 N–H and O–H groups in total. The summed E-state index contributed by atoms with van der Waals surface area (Å²) in [5, 5.41) is 16.5. The van der Waals surface area contributed by atoms with E-state index in [1.165, 1.54) is 31.4 Å². The number of thioether (sulfide) groups is 1. The lowest BCUT2D eigenvalue weighted by atomic mass is 9.95. The third-order valence-electron chi connectivity index (χ3n) is 4.14. The van der Waals surface area contributed by atoms with Crippen molar-refractivity contribution in [3.63, 3.8) is 0 Å². The summed E-state index contributed by atoms with van der Waals surface area (Å²) in [4.78, 5) is 4.34. The van der Waals surface area contributed by atoms with E-state index < -0.39 is 0 Å². The van der Waals surface area contributed by atoms with E-state index in [9.17, 15) is 0 Å². The van der Waals surface area contributed by atoms with E-state index in [0.717, 1.165) is 16.8 Å². The summed E-state index contributed by atoms with van der Waals surface area (Å²) in [6, 6.07) is 10.3. The minimum atomic E-state index is 0.514. The van der Waals surface area contributed by atoms with Gasteiger partial charge in [-0.15, -0.1) is 0 Å². The number of hydrogen-bond donors (Lipinski definition) is 2. The summed E-state index contributed by atoms with van der Waals surface area (Å²) >= 11 is 2.08. The second-order valence-electron chi connectivity index (χ2n) is 5.82. The fourth-order valence-corrected chi connectivity index (χ4v) is 4.11. The molecule has 0 aromatic heterocycles. The first-order valence-corrected chi connectivity index (χ1v) is 9.37. The van der Waals surface area contributed by atoms with Crippen molar-refractivity contribution in [2.75, 3.05) is 12.8 Å². The molecule has 0 radical (unpaired) electrons. The quantitative estimate of drug-likeness (QED) is 0.642. The van der Waals surface area contributed by atoms with Gasteiger partial charge in [0.05, 0.1) is 11.6 Å². The van der Waals surface area contributed by atoms with Crippen LogP contribution in [-0.4, -0.2) is 30.1 Å². The van der Waals surface area contributed by atoms with Gasteiger partial charge in [-0.1, -0.05) is 25.5 Å². The van der Waals surface area contributed by atoms with Crippen molar-refractivity contribution in [2.24, 2.45) is 4.99 Å². The third-order valence-corrected chi connectivity index (χ3v) is 5.37. The van der Waals surface area contributed by atoms with Crippen LogP contribution in [0, 0.1) is 11.3 Å². The molecule has 2 atom stereocenters. The SMILES string of the molecule is CCSC1CCCC(NC(=NC)NCc2ccc(C#N)cc2)C1. The Labute approximate surface area is 143 Å². The number of nitriles is 1. The fourth-order valence-electron chi connectivity index (χ4n) is 2.93. The Balaban J connectivity index is 1.82. The monoisotopic (exact) mass is 330 g/mol. The minimum Gasteiger partial charge on any atom is -0.354 e. The number of benzene rings is 1. The molecule has 1 aromatic carbocycles.